The summed E-state index contributed by atoms with van der Waals surface area (Å²) in [5.41, 5.74) is -1.54. The minimum atomic E-state index is -4.88. The molecular weight excluding hydrogens is 521 g/mol. The fraction of sp³-hybridized carbons (Fsp3) is 0.519. The van der Waals surface area contributed by atoms with Gasteiger partial charge in [-0.05, 0) is 54.3 Å². The van der Waals surface area contributed by atoms with E-state index in [2.05, 4.69) is 5.32 Å². The number of ketones is 2. The Morgan fingerprint density at radius 3 is 2.36 bits per heavy atom. The number of alkyl halides is 3. The van der Waals surface area contributed by atoms with Crippen LogP contribution in [0, 0.1) is 17.3 Å². The Morgan fingerprint density at radius 2 is 1.79 bits per heavy atom. The van der Waals surface area contributed by atoms with Gasteiger partial charge in [0.2, 0.25) is 5.78 Å². The molecule has 3 aliphatic carbocycles. The number of nitrogens with one attached hydrogen (secondary N) is 1. The zero-order valence-corrected chi connectivity index (χ0v) is 21.7. The van der Waals surface area contributed by atoms with Crippen LogP contribution in [0.2, 0.25) is 0 Å². The van der Waals surface area contributed by atoms with E-state index in [-0.39, 0.29) is 23.9 Å². The topological polar surface area (TPSA) is 170 Å². The first-order valence-electron chi connectivity index (χ1n) is 12.5. The predicted octanol–water partition coefficient (Wildman–Crippen LogP) is 3.13. The Kier molecular flexibility index (Phi) is 6.88. The van der Waals surface area contributed by atoms with E-state index < -0.39 is 99.0 Å². The van der Waals surface area contributed by atoms with Gasteiger partial charge in [-0.25, -0.2) is 0 Å². The lowest BCUT2D eigenvalue weighted by Crippen LogP contribution is -2.57. The van der Waals surface area contributed by atoms with Crippen molar-refractivity contribution in [2.45, 2.75) is 64.8 Å². The molecule has 0 radical (unpaired) electrons. The Hall–Kier alpha value is -3.38. The molecule has 9 nitrogen and oxygen atoms in total. The third-order valence-corrected chi connectivity index (χ3v) is 7.80. The highest BCUT2D eigenvalue weighted by atomic mass is 19.4. The summed E-state index contributed by atoms with van der Waals surface area (Å²) in [5.74, 6) is -8.75. The number of phenols is 1. The molecule has 0 fully saturated rings. The molecule has 3 aliphatic rings. The third-order valence-electron chi connectivity index (χ3n) is 7.80. The van der Waals surface area contributed by atoms with Crippen molar-refractivity contribution >= 4 is 17.5 Å². The first kappa shape index (κ1) is 28.6. The van der Waals surface area contributed by atoms with E-state index in [4.69, 9.17) is 5.73 Å². The smallest absolute Gasteiger partial charge is 0.417 e. The largest absolute Gasteiger partial charge is 0.511 e. The van der Waals surface area contributed by atoms with Crippen molar-refractivity contribution in [1.82, 2.24) is 5.32 Å². The van der Waals surface area contributed by atoms with Gasteiger partial charge in [0.25, 0.3) is 5.91 Å². The second kappa shape index (κ2) is 9.37. The number of carbonyl (C=O) groups excluding carboxylic acids is 3. The lowest BCUT2D eigenvalue weighted by molar-refractivity contribution is -0.144. The van der Waals surface area contributed by atoms with Crippen molar-refractivity contribution in [2.24, 2.45) is 23.0 Å². The maximum absolute atomic E-state index is 14.4. The standard InChI is InChI=1S/C27H31F3N2O7/c1-25(2,3)4-5-32-10-12-8-15(33)18-14(20(12)27(28,29)30)7-11-6-13-9-16(34)19(24(31)38)23(37)26(13,39)22(36)17(11)21(18)35/h8,11,13,32-34,36,39H,4-7,9-10H2,1-3H3,(H2,31,38)/t11?,13-,26-/m0/s1. The predicted molar refractivity (Wildman–Crippen MR) is 132 cm³/mol. The summed E-state index contributed by atoms with van der Waals surface area (Å²) < 4.78 is 43.2. The number of amides is 1. The molecule has 7 N–H and O–H groups in total. The van der Waals surface area contributed by atoms with Crippen molar-refractivity contribution in [3.05, 3.63) is 51.0 Å². The minimum Gasteiger partial charge on any atom is -0.511 e. The number of halogens is 3. The van der Waals surface area contributed by atoms with Crippen LogP contribution in [0.5, 0.6) is 5.75 Å². The molecule has 0 heterocycles. The number of hydrogen-bond donors (Lipinski definition) is 6. The van der Waals surface area contributed by atoms with Gasteiger partial charge in [-0.2, -0.15) is 13.2 Å². The molecule has 0 saturated heterocycles. The van der Waals surface area contributed by atoms with Crippen molar-refractivity contribution in [1.29, 1.82) is 0 Å². The Morgan fingerprint density at radius 1 is 1.15 bits per heavy atom. The van der Waals surface area contributed by atoms with Gasteiger partial charge in [-0.1, -0.05) is 20.8 Å². The number of carbonyl (C=O) groups is 3. The number of aromatic hydroxyl groups is 1. The highest BCUT2D eigenvalue weighted by Crippen LogP contribution is 2.53. The molecule has 1 amide bonds. The summed E-state index contributed by atoms with van der Waals surface area (Å²) in [6.45, 7) is 6.16. The van der Waals surface area contributed by atoms with E-state index in [0.717, 1.165) is 6.07 Å². The first-order chi connectivity index (χ1) is 17.9. The summed E-state index contributed by atoms with van der Waals surface area (Å²) in [4.78, 5) is 38.2. The van der Waals surface area contributed by atoms with Gasteiger partial charge in [0.05, 0.1) is 11.1 Å². The van der Waals surface area contributed by atoms with Crippen molar-refractivity contribution in [2.75, 3.05) is 6.54 Å². The van der Waals surface area contributed by atoms with Gasteiger partial charge in [0.15, 0.2) is 11.4 Å². The van der Waals surface area contributed by atoms with Crippen LogP contribution in [0.1, 0.15) is 67.1 Å². The number of nitrogens with two attached hydrogens (primary N) is 1. The lowest BCUT2D eigenvalue weighted by atomic mass is 9.60. The van der Waals surface area contributed by atoms with Gasteiger partial charge in [0.1, 0.15) is 22.8 Å². The van der Waals surface area contributed by atoms with Gasteiger partial charge in [0, 0.05) is 24.5 Å². The van der Waals surface area contributed by atoms with E-state index in [1.807, 2.05) is 20.8 Å². The maximum Gasteiger partial charge on any atom is 0.417 e. The van der Waals surface area contributed by atoms with Crippen LogP contribution in [0.4, 0.5) is 13.2 Å². The van der Waals surface area contributed by atoms with Crippen LogP contribution in [-0.2, 0) is 28.7 Å². The summed E-state index contributed by atoms with van der Waals surface area (Å²) in [5, 5.41) is 46.1. The van der Waals surface area contributed by atoms with E-state index in [1.165, 1.54) is 0 Å². The van der Waals surface area contributed by atoms with Crippen LogP contribution < -0.4 is 11.1 Å². The molecule has 1 aromatic carbocycles. The van der Waals surface area contributed by atoms with E-state index >= 15 is 0 Å². The monoisotopic (exact) mass is 552 g/mol. The van der Waals surface area contributed by atoms with E-state index in [9.17, 15) is 48.0 Å². The molecule has 12 heteroatoms. The average Bonchev–Trinajstić information content (AvgIpc) is 2.77. The quantitative estimate of drug-likeness (QED) is 0.239. The van der Waals surface area contributed by atoms with Crippen molar-refractivity contribution < 1.29 is 48.0 Å². The number of fused-ring (bicyclic) bond motifs is 3. The molecule has 0 aromatic heterocycles. The second-order valence-electron chi connectivity index (χ2n) is 11.7. The van der Waals surface area contributed by atoms with Gasteiger partial charge in [-0.3, -0.25) is 14.4 Å². The molecule has 0 spiro atoms. The molecule has 39 heavy (non-hydrogen) atoms. The normalized spacial score (nSPS) is 25.4. The molecule has 212 valence electrons. The SMILES string of the molecule is CC(C)(C)CCNCc1cc(O)c2c(c1C(F)(F)F)CC1C[C@H]3CC(O)=C(C(N)=O)C(=O)[C@@]3(O)C(O)=C1C2=O. The second-order valence-corrected chi connectivity index (χ2v) is 11.7. The number of hydrogen-bond acceptors (Lipinski definition) is 8. The van der Waals surface area contributed by atoms with Crippen LogP contribution >= 0.6 is 0 Å². The van der Waals surface area contributed by atoms with Crippen LogP contribution in [0.15, 0.2) is 28.7 Å². The number of aliphatic hydroxyl groups excluding tert-OH is 2. The summed E-state index contributed by atoms with van der Waals surface area (Å²) >= 11 is 0. The number of aliphatic hydroxyl groups is 3. The number of allylic oxidation sites excluding steroid dienone is 2. The zero-order chi connectivity index (χ0) is 29.2. The Balaban J connectivity index is 1.81. The maximum atomic E-state index is 14.4. The molecule has 0 aliphatic heterocycles. The zero-order valence-electron chi connectivity index (χ0n) is 21.7. The average molecular weight is 553 g/mol. The summed E-state index contributed by atoms with van der Waals surface area (Å²) in [6.07, 6.45) is -5.34. The fourth-order valence-corrected chi connectivity index (χ4v) is 5.94. The van der Waals surface area contributed by atoms with Gasteiger partial charge in [-0.15, -0.1) is 0 Å². The van der Waals surface area contributed by atoms with Crippen LogP contribution in [0.3, 0.4) is 0 Å². The highest BCUT2D eigenvalue weighted by Gasteiger charge is 2.60. The van der Waals surface area contributed by atoms with Crippen molar-refractivity contribution in [3.63, 3.8) is 0 Å². The molecule has 1 aromatic rings. The number of rotatable bonds is 5. The molecule has 3 atom stereocenters. The summed E-state index contributed by atoms with van der Waals surface area (Å²) in [6, 6.07) is 0.861. The summed E-state index contributed by atoms with van der Waals surface area (Å²) in [7, 11) is 0. The number of benzene rings is 1. The molecular formula is C27H31F3N2O7. The van der Waals surface area contributed by atoms with Crippen molar-refractivity contribution in [3.8, 4) is 5.75 Å². The lowest BCUT2D eigenvalue weighted by Gasteiger charge is -2.45. The van der Waals surface area contributed by atoms with Crippen LogP contribution in [-0.4, -0.2) is 50.0 Å². The molecule has 0 saturated carbocycles. The fourth-order valence-electron chi connectivity index (χ4n) is 5.94. The minimum absolute atomic E-state index is 0.0553. The van der Waals surface area contributed by atoms with Crippen LogP contribution in [0.25, 0.3) is 0 Å². The first-order valence-corrected chi connectivity index (χ1v) is 12.5. The molecule has 1 unspecified atom stereocenters. The third kappa shape index (κ3) is 4.69. The van der Waals surface area contributed by atoms with Gasteiger partial charge < -0.3 is 31.5 Å². The molecule has 0 bridgehead atoms. The van der Waals surface area contributed by atoms with Gasteiger partial charge >= 0.3 is 6.18 Å². The number of primary amides is 1. The van der Waals surface area contributed by atoms with E-state index in [0.29, 0.717) is 13.0 Å². The highest BCUT2D eigenvalue weighted by molar-refractivity contribution is 6.24. The Labute approximate surface area is 222 Å². The Bertz CT molecular complexity index is 1340. The van der Waals surface area contributed by atoms with E-state index in [1.54, 1.807) is 0 Å². The number of Topliss-reactive ketones (excluding diaryl/α,β-unsaturated/α-hetero) is 2. The molecule has 4 rings (SSSR count). The number of phenolic OH excluding ortho intramolecular Hbond substituents is 1.